The third-order valence-corrected chi connectivity index (χ3v) is 7.42. The van der Waals surface area contributed by atoms with Gasteiger partial charge in [-0.25, -0.2) is 22.3 Å². The van der Waals surface area contributed by atoms with Crippen LogP contribution >= 0.6 is 0 Å². The molecule has 1 atom stereocenters. The first-order valence-electron chi connectivity index (χ1n) is 9.86. The summed E-state index contributed by atoms with van der Waals surface area (Å²) in [6.45, 7) is 1.24. The summed E-state index contributed by atoms with van der Waals surface area (Å²) in [5.74, 6) is -0.335. The molecule has 1 aromatic carbocycles. The van der Waals surface area contributed by atoms with Crippen molar-refractivity contribution in [3.05, 3.63) is 46.4 Å². The minimum absolute atomic E-state index is 0.132. The Bertz CT molecular complexity index is 1040. The molecule has 1 unspecified atom stereocenters. The van der Waals surface area contributed by atoms with Gasteiger partial charge in [0.2, 0.25) is 10.0 Å². The average Bonchev–Trinajstić information content (AvgIpc) is 3.50. The molecular weight excluding hydrogens is 399 g/mol. The lowest BCUT2D eigenvalue weighted by atomic mass is 9.99. The molecule has 2 aliphatic rings. The Kier molecular flexibility index (Phi) is 5.58. The fourth-order valence-corrected chi connectivity index (χ4v) is 5.47. The number of aromatic nitrogens is 3. The van der Waals surface area contributed by atoms with Gasteiger partial charge in [-0.05, 0) is 37.8 Å². The molecule has 0 bridgehead atoms. The number of benzene rings is 1. The minimum Gasteiger partial charge on any atom is -0.383 e. The van der Waals surface area contributed by atoms with E-state index in [4.69, 9.17) is 4.74 Å². The molecule has 158 valence electrons. The molecule has 0 radical (unpaired) electrons. The number of halogens is 1. The third kappa shape index (κ3) is 3.88. The molecule has 8 nitrogen and oxygen atoms in total. The zero-order chi connectivity index (χ0) is 20.6. The van der Waals surface area contributed by atoms with E-state index in [1.54, 1.807) is 11.7 Å². The summed E-state index contributed by atoms with van der Waals surface area (Å²) in [7, 11) is -2.39. The molecule has 1 aliphatic heterocycles. The highest BCUT2D eigenvalue weighted by Gasteiger charge is 2.37. The lowest BCUT2D eigenvalue weighted by molar-refractivity contribution is 0.182. The highest BCUT2D eigenvalue weighted by molar-refractivity contribution is 7.89. The van der Waals surface area contributed by atoms with Crippen molar-refractivity contribution < 1.29 is 17.5 Å². The summed E-state index contributed by atoms with van der Waals surface area (Å²) < 4.78 is 49.6. The molecule has 1 aromatic heterocycles. The van der Waals surface area contributed by atoms with Crippen LogP contribution < -0.4 is 5.69 Å². The van der Waals surface area contributed by atoms with Gasteiger partial charge >= 0.3 is 5.69 Å². The maximum atomic E-state index is 14.1. The van der Waals surface area contributed by atoms with E-state index in [2.05, 4.69) is 5.10 Å². The number of sulfonamides is 1. The van der Waals surface area contributed by atoms with Gasteiger partial charge < -0.3 is 4.74 Å². The molecule has 0 amide bonds. The van der Waals surface area contributed by atoms with E-state index in [0.717, 1.165) is 25.3 Å². The Morgan fingerprint density at radius 1 is 1.24 bits per heavy atom. The van der Waals surface area contributed by atoms with E-state index in [1.165, 1.54) is 27.2 Å². The van der Waals surface area contributed by atoms with Gasteiger partial charge in [0.1, 0.15) is 16.5 Å². The Morgan fingerprint density at radius 3 is 2.69 bits per heavy atom. The van der Waals surface area contributed by atoms with Crippen LogP contribution in [0.3, 0.4) is 0 Å². The summed E-state index contributed by atoms with van der Waals surface area (Å²) in [6.07, 6.45) is 3.21. The van der Waals surface area contributed by atoms with E-state index in [1.807, 2.05) is 0 Å². The van der Waals surface area contributed by atoms with E-state index in [0.29, 0.717) is 31.9 Å². The predicted molar refractivity (Wildman–Crippen MR) is 104 cm³/mol. The van der Waals surface area contributed by atoms with E-state index in [9.17, 15) is 17.6 Å². The molecule has 1 aliphatic carbocycles. The van der Waals surface area contributed by atoms with Crippen LogP contribution in [-0.2, 0) is 21.3 Å². The number of hydrogen-bond acceptors (Lipinski definition) is 5. The van der Waals surface area contributed by atoms with Crippen molar-refractivity contribution in [2.45, 2.75) is 49.1 Å². The number of rotatable bonds is 7. The van der Waals surface area contributed by atoms with Crippen LogP contribution in [0.15, 0.2) is 34.0 Å². The first-order valence-corrected chi connectivity index (χ1v) is 11.3. The fraction of sp³-hybridized carbons (Fsp3) is 0.579. The third-order valence-electron chi connectivity index (χ3n) is 5.52. The van der Waals surface area contributed by atoms with E-state index < -0.39 is 15.8 Å². The fourth-order valence-electron chi connectivity index (χ4n) is 3.88. The van der Waals surface area contributed by atoms with Crippen molar-refractivity contribution in [2.24, 2.45) is 0 Å². The summed E-state index contributed by atoms with van der Waals surface area (Å²) >= 11 is 0. The SMILES string of the molecule is COCCn1nc(C2CCCN(S(=O)(=O)c3ccccc3F)C2)n(C2CC2)c1=O. The number of hydrogen-bond donors (Lipinski definition) is 0. The lowest BCUT2D eigenvalue weighted by Gasteiger charge is -2.31. The number of ether oxygens (including phenoxy) is 1. The largest absolute Gasteiger partial charge is 0.383 e. The second-order valence-corrected chi connectivity index (χ2v) is 9.50. The van der Waals surface area contributed by atoms with Gasteiger partial charge in [-0.1, -0.05) is 12.1 Å². The smallest absolute Gasteiger partial charge is 0.346 e. The molecule has 2 heterocycles. The molecule has 1 saturated carbocycles. The molecule has 2 fully saturated rings. The Balaban J connectivity index is 1.64. The topological polar surface area (TPSA) is 86.4 Å². The maximum absolute atomic E-state index is 14.1. The van der Waals surface area contributed by atoms with Crippen molar-refractivity contribution in [3.63, 3.8) is 0 Å². The van der Waals surface area contributed by atoms with Crippen LogP contribution in [0.5, 0.6) is 0 Å². The number of piperidine rings is 1. The lowest BCUT2D eigenvalue weighted by Crippen LogP contribution is -2.40. The summed E-state index contributed by atoms with van der Waals surface area (Å²) in [4.78, 5) is 12.5. The van der Waals surface area contributed by atoms with Gasteiger partial charge in [0.15, 0.2) is 0 Å². The summed E-state index contributed by atoms with van der Waals surface area (Å²) in [5.41, 5.74) is -0.173. The van der Waals surface area contributed by atoms with Gasteiger partial charge in [0, 0.05) is 32.2 Å². The van der Waals surface area contributed by atoms with Gasteiger partial charge in [-0.15, -0.1) is 0 Å². The van der Waals surface area contributed by atoms with Gasteiger partial charge in [0.25, 0.3) is 0 Å². The Labute approximate surface area is 168 Å². The predicted octanol–water partition coefficient (Wildman–Crippen LogP) is 1.73. The average molecular weight is 424 g/mol. The molecule has 1 saturated heterocycles. The van der Waals surface area contributed by atoms with Crippen molar-refractivity contribution >= 4 is 10.0 Å². The van der Waals surface area contributed by atoms with Crippen LogP contribution in [0.2, 0.25) is 0 Å². The van der Waals surface area contributed by atoms with Crippen LogP contribution in [-0.4, -0.2) is 53.9 Å². The van der Waals surface area contributed by atoms with Crippen LogP contribution in [0.4, 0.5) is 4.39 Å². The van der Waals surface area contributed by atoms with E-state index >= 15 is 0 Å². The monoisotopic (exact) mass is 424 g/mol. The first kappa shape index (κ1) is 20.2. The highest BCUT2D eigenvalue weighted by atomic mass is 32.2. The normalized spacial score (nSPS) is 20.8. The molecule has 2 aromatic rings. The highest BCUT2D eigenvalue weighted by Crippen LogP contribution is 2.37. The molecule has 29 heavy (non-hydrogen) atoms. The van der Waals surface area contributed by atoms with Crippen LogP contribution in [0, 0.1) is 5.82 Å². The van der Waals surface area contributed by atoms with Crippen LogP contribution in [0.25, 0.3) is 0 Å². The Morgan fingerprint density at radius 2 is 2.00 bits per heavy atom. The van der Waals surface area contributed by atoms with Crippen molar-refractivity contribution in [1.82, 2.24) is 18.7 Å². The molecular formula is C19H25FN4O4S. The molecule has 10 heteroatoms. The number of methoxy groups -OCH3 is 1. The summed E-state index contributed by atoms with van der Waals surface area (Å²) in [5, 5.41) is 4.53. The Hall–Kier alpha value is -2.04. The van der Waals surface area contributed by atoms with Crippen molar-refractivity contribution in [2.75, 3.05) is 26.8 Å². The van der Waals surface area contributed by atoms with Gasteiger partial charge in [0.05, 0.1) is 13.2 Å². The number of nitrogens with zero attached hydrogens (tertiary/aromatic N) is 4. The molecule has 0 N–H and O–H groups in total. The zero-order valence-electron chi connectivity index (χ0n) is 16.3. The zero-order valence-corrected chi connectivity index (χ0v) is 17.1. The van der Waals surface area contributed by atoms with Crippen molar-refractivity contribution in [1.29, 1.82) is 0 Å². The second kappa shape index (κ2) is 8.00. The second-order valence-electron chi connectivity index (χ2n) is 7.59. The first-order chi connectivity index (χ1) is 13.9. The van der Waals surface area contributed by atoms with Crippen LogP contribution in [0.1, 0.15) is 43.5 Å². The molecule has 0 spiro atoms. The summed E-state index contributed by atoms with van der Waals surface area (Å²) in [6, 6.07) is 5.55. The minimum atomic E-state index is -3.95. The molecule has 4 rings (SSSR count). The van der Waals surface area contributed by atoms with Crippen molar-refractivity contribution in [3.8, 4) is 0 Å². The van der Waals surface area contributed by atoms with Gasteiger partial charge in [-0.3, -0.25) is 4.57 Å². The maximum Gasteiger partial charge on any atom is 0.346 e. The van der Waals surface area contributed by atoms with E-state index in [-0.39, 0.29) is 29.1 Å². The van der Waals surface area contributed by atoms with Gasteiger partial charge in [-0.2, -0.15) is 9.40 Å². The quantitative estimate of drug-likeness (QED) is 0.676. The standard InChI is InChI=1S/C19H25FN4O4S/c1-28-12-11-23-19(25)24(15-8-9-15)18(21-23)14-5-4-10-22(13-14)29(26,27)17-7-3-2-6-16(17)20/h2-3,6-7,14-15H,4-5,8-13H2,1H3.